The van der Waals surface area contributed by atoms with Gasteiger partial charge in [0.05, 0.1) is 13.0 Å². The third-order valence-electron chi connectivity index (χ3n) is 5.79. The molecule has 3 aromatic rings. The highest BCUT2D eigenvalue weighted by Gasteiger charge is 2.30. The highest BCUT2D eigenvalue weighted by Crippen LogP contribution is 2.21. The van der Waals surface area contributed by atoms with Gasteiger partial charge in [0, 0.05) is 25.3 Å². The van der Waals surface area contributed by atoms with Crippen LogP contribution in [0.1, 0.15) is 43.6 Å². The second kappa shape index (κ2) is 11.1. The third kappa shape index (κ3) is 6.21. The molecule has 0 radical (unpaired) electrons. The van der Waals surface area contributed by atoms with E-state index in [0.717, 1.165) is 28.2 Å². The number of aromatic nitrogens is 2. The number of hydrogen-bond donors (Lipinski definition) is 2. The van der Waals surface area contributed by atoms with Gasteiger partial charge in [-0.05, 0) is 49.6 Å². The van der Waals surface area contributed by atoms with Gasteiger partial charge in [-0.1, -0.05) is 41.2 Å². The Morgan fingerprint density at radius 2 is 1.89 bits per heavy atom. The van der Waals surface area contributed by atoms with E-state index >= 15 is 0 Å². The molecule has 4 rings (SSSR count). The number of hydrogen-bond acceptors (Lipinski definition) is 7. The topological polar surface area (TPSA) is 114 Å². The molecular formula is C25H27N5O4S. The van der Waals surface area contributed by atoms with E-state index in [1.165, 1.54) is 0 Å². The molecule has 1 aliphatic heterocycles. The molecule has 2 heterocycles. The summed E-state index contributed by atoms with van der Waals surface area (Å²) in [6, 6.07) is 14.9. The van der Waals surface area contributed by atoms with Crippen LogP contribution in [0.3, 0.4) is 0 Å². The Labute approximate surface area is 207 Å². The number of aryl methyl sites for hydroxylation is 1. The molecule has 1 aromatic heterocycles. The summed E-state index contributed by atoms with van der Waals surface area (Å²) >= 11 is 0.948. The molecule has 3 amide bonds. The minimum Gasteiger partial charge on any atom is -0.497 e. The molecule has 0 spiro atoms. The lowest BCUT2D eigenvalue weighted by molar-refractivity contribution is -0.126. The number of carbonyl (C=O) groups excluding carboxylic acids is 3. The number of benzene rings is 2. The number of rotatable bonds is 7. The Morgan fingerprint density at radius 1 is 1.11 bits per heavy atom. The van der Waals surface area contributed by atoms with Crippen molar-refractivity contribution in [1.82, 2.24) is 20.4 Å². The highest BCUT2D eigenvalue weighted by molar-refractivity contribution is 7.15. The predicted octanol–water partition coefficient (Wildman–Crippen LogP) is 3.28. The molecule has 9 nitrogen and oxygen atoms in total. The summed E-state index contributed by atoms with van der Waals surface area (Å²) in [7, 11) is 1.60. The first-order valence-electron chi connectivity index (χ1n) is 11.3. The van der Waals surface area contributed by atoms with Crippen LogP contribution in [0, 0.1) is 12.8 Å². The van der Waals surface area contributed by atoms with Crippen LogP contribution < -0.4 is 15.4 Å². The summed E-state index contributed by atoms with van der Waals surface area (Å²) in [5, 5.41) is 13.8. The van der Waals surface area contributed by atoms with Gasteiger partial charge in [0.1, 0.15) is 5.75 Å². The zero-order chi connectivity index (χ0) is 24.8. The third-order valence-corrected chi connectivity index (χ3v) is 6.70. The minimum atomic E-state index is -0.418. The number of likely N-dealkylation sites (tertiary alicyclic amines) is 1. The predicted molar refractivity (Wildman–Crippen MR) is 133 cm³/mol. The Hall–Kier alpha value is -3.79. The van der Waals surface area contributed by atoms with Crippen LogP contribution in [0.15, 0.2) is 48.5 Å². The fraction of sp³-hybridized carbons (Fsp3) is 0.320. The van der Waals surface area contributed by atoms with Crippen LogP contribution in [0.2, 0.25) is 0 Å². The van der Waals surface area contributed by atoms with Crippen molar-refractivity contribution in [2.45, 2.75) is 26.3 Å². The number of methoxy groups -OCH3 is 1. The van der Waals surface area contributed by atoms with Crippen LogP contribution in [0.25, 0.3) is 0 Å². The zero-order valence-corrected chi connectivity index (χ0v) is 20.4. The molecule has 1 fully saturated rings. The highest BCUT2D eigenvalue weighted by atomic mass is 32.1. The van der Waals surface area contributed by atoms with Gasteiger partial charge in [0.25, 0.3) is 11.8 Å². The van der Waals surface area contributed by atoms with Crippen molar-refractivity contribution in [2.75, 3.05) is 25.5 Å². The van der Waals surface area contributed by atoms with E-state index in [1.54, 1.807) is 24.1 Å². The second-order valence-electron chi connectivity index (χ2n) is 8.39. The van der Waals surface area contributed by atoms with E-state index in [4.69, 9.17) is 4.74 Å². The van der Waals surface area contributed by atoms with Crippen LogP contribution in [0.5, 0.6) is 5.75 Å². The van der Waals surface area contributed by atoms with Crippen molar-refractivity contribution in [3.8, 4) is 5.75 Å². The first kappa shape index (κ1) is 24.3. The minimum absolute atomic E-state index is 0.0965. The molecule has 2 aromatic carbocycles. The number of amides is 3. The van der Waals surface area contributed by atoms with Crippen molar-refractivity contribution < 1.29 is 19.1 Å². The van der Waals surface area contributed by atoms with Crippen LogP contribution in [0.4, 0.5) is 5.69 Å². The van der Waals surface area contributed by atoms with E-state index in [0.29, 0.717) is 38.2 Å². The Kier molecular flexibility index (Phi) is 7.71. The van der Waals surface area contributed by atoms with E-state index in [1.807, 2.05) is 43.3 Å². The summed E-state index contributed by atoms with van der Waals surface area (Å²) in [6.45, 7) is 3.18. The molecule has 10 heteroatoms. The SMILES string of the molecule is COc1cccc(CNC(=O)[C@@H]2CCCN(C(=O)c3nnc(C(=O)Nc4ccc(C)cc4)s3)C2)c1. The first-order valence-corrected chi connectivity index (χ1v) is 12.2. The van der Waals surface area contributed by atoms with Crippen molar-refractivity contribution in [3.05, 3.63) is 69.7 Å². The van der Waals surface area contributed by atoms with Gasteiger partial charge in [-0.15, -0.1) is 10.2 Å². The quantitative estimate of drug-likeness (QED) is 0.522. The first-order chi connectivity index (χ1) is 16.9. The molecule has 1 saturated heterocycles. The van der Waals surface area contributed by atoms with E-state index in [-0.39, 0.29) is 27.7 Å². The number of carbonyl (C=O) groups is 3. The number of piperidine rings is 1. The van der Waals surface area contributed by atoms with Gasteiger partial charge in [0.2, 0.25) is 15.9 Å². The summed E-state index contributed by atoms with van der Waals surface area (Å²) in [5.41, 5.74) is 2.66. The maximum absolute atomic E-state index is 13.0. The normalized spacial score (nSPS) is 15.4. The Morgan fingerprint density at radius 3 is 2.66 bits per heavy atom. The lowest BCUT2D eigenvalue weighted by Crippen LogP contribution is -2.45. The lowest BCUT2D eigenvalue weighted by Gasteiger charge is -2.31. The summed E-state index contributed by atoms with van der Waals surface area (Å²) in [5.74, 6) is -0.410. The average molecular weight is 494 g/mol. The Balaban J connectivity index is 1.33. The number of nitrogens with one attached hydrogen (secondary N) is 2. The summed E-state index contributed by atoms with van der Waals surface area (Å²) in [4.78, 5) is 39.9. The Bertz CT molecular complexity index is 1210. The molecule has 182 valence electrons. The maximum Gasteiger partial charge on any atom is 0.286 e. The largest absolute Gasteiger partial charge is 0.497 e. The zero-order valence-electron chi connectivity index (χ0n) is 19.6. The van der Waals surface area contributed by atoms with E-state index < -0.39 is 5.91 Å². The van der Waals surface area contributed by atoms with Gasteiger partial charge in [-0.2, -0.15) is 0 Å². The van der Waals surface area contributed by atoms with E-state index in [2.05, 4.69) is 20.8 Å². The molecule has 0 unspecified atom stereocenters. The molecule has 0 bridgehead atoms. The van der Waals surface area contributed by atoms with Crippen molar-refractivity contribution in [1.29, 1.82) is 0 Å². The molecule has 0 saturated carbocycles. The van der Waals surface area contributed by atoms with Crippen molar-refractivity contribution in [3.63, 3.8) is 0 Å². The molecule has 1 atom stereocenters. The second-order valence-corrected chi connectivity index (χ2v) is 9.37. The monoisotopic (exact) mass is 493 g/mol. The van der Waals surface area contributed by atoms with Gasteiger partial charge >= 0.3 is 0 Å². The van der Waals surface area contributed by atoms with Crippen LogP contribution >= 0.6 is 11.3 Å². The van der Waals surface area contributed by atoms with Gasteiger partial charge in [-0.3, -0.25) is 14.4 Å². The van der Waals surface area contributed by atoms with Gasteiger partial charge in [-0.25, -0.2) is 0 Å². The van der Waals surface area contributed by atoms with Crippen molar-refractivity contribution in [2.24, 2.45) is 5.92 Å². The van der Waals surface area contributed by atoms with Crippen molar-refractivity contribution >= 4 is 34.7 Å². The number of ether oxygens (including phenoxy) is 1. The van der Waals surface area contributed by atoms with Crippen LogP contribution in [-0.4, -0.2) is 53.0 Å². The molecular weight excluding hydrogens is 466 g/mol. The number of anilines is 1. The summed E-state index contributed by atoms with van der Waals surface area (Å²) < 4.78 is 5.22. The molecule has 35 heavy (non-hydrogen) atoms. The number of nitrogens with zero attached hydrogens (tertiary/aromatic N) is 3. The van der Waals surface area contributed by atoms with E-state index in [9.17, 15) is 14.4 Å². The fourth-order valence-electron chi connectivity index (χ4n) is 3.85. The lowest BCUT2D eigenvalue weighted by atomic mass is 9.97. The smallest absolute Gasteiger partial charge is 0.286 e. The maximum atomic E-state index is 13.0. The average Bonchev–Trinajstić information content (AvgIpc) is 3.39. The summed E-state index contributed by atoms with van der Waals surface area (Å²) in [6.07, 6.45) is 1.41. The fourth-order valence-corrected chi connectivity index (χ4v) is 4.56. The molecule has 2 N–H and O–H groups in total. The molecule has 1 aliphatic rings. The van der Waals surface area contributed by atoms with Crippen LogP contribution in [-0.2, 0) is 11.3 Å². The molecule has 0 aliphatic carbocycles. The standard InChI is InChI=1S/C25H27N5O4S/c1-16-8-10-19(11-9-16)27-22(32)23-28-29-24(35-23)25(33)30-12-4-6-18(15-30)21(31)26-14-17-5-3-7-20(13-17)34-2/h3,5,7-11,13,18H,4,6,12,14-15H2,1-2H3,(H,26,31)(H,27,32)/t18-/m1/s1. The van der Waals surface area contributed by atoms with Gasteiger partial charge < -0.3 is 20.3 Å². The van der Waals surface area contributed by atoms with Gasteiger partial charge in [0.15, 0.2) is 0 Å².